The van der Waals surface area contributed by atoms with Crippen LogP contribution in [-0.2, 0) is 4.79 Å². The maximum absolute atomic E-state index is 13.0. The minimum atomic E-state index is -0.414. The molecular formula is C14H12FN5OS. The van der Waals surface area contributed by atoms with Gasteiger partial charge in [0, 0.05) is 0 Å². The Balaban J connectivity index is 2.05. The van der Waals surface area contributed by atoms with Gasteiger partial charge in [-0.2, -0.15) is 5.10 Å². The number of carbonyl (C=O) groups excluding carboxylic acids is 1. The monoisotopic (exact) mass is 317 g/mol. The van der Waals surface area contributed by atoms with Crippen molar-refractivity contribution in [1.82, 2.24) is 19.7 Å². The van der Waals surface area contributed by atoms with Crippen molar-refractivity contribution in [3.8, 4) is 5.69 Å². The standard InChI is InChI=1S/C14H12FN5OS/c1-8(12(16)21)22-14-11-6-19-20(13(11)17-7-18-14)10-4-2-9(15)3-5-10/h2-8H,1H3,(H2,16,21). The van der Waals surface area contributed by atoms with E-state index in [0.29, 0.717) is 21.7 Å². The lowest BCUT2D eigenvalue weighted by molar-refractivity contribution is -0.117. The second-order valence-corrected chi connectivity index (χ2v) is 5.94. The molecule has 8 heteroatoms. The highest BCUT2D eigenvalue weighted by atomic mass is 32.2. The van der Waals surface area contributed by atoms with Gasteiger partial charge in [0.15, 0.2) is 5.65 Å². The van der Waals surface area contributed by atoms with Crippen LogP contribution < -0.4 is 5.73 Å². The van der Waals surface area contributed by atoms with Crippen LogP contribution in [-0.4, -0.2) is 30.9 Å². The molecule has 0 aliphatic carbocycles. The molecule has 0 fully saturated rings. The number of fused-ring (bicyclic) bond motifs is 1. The molecule has 3 rings (SSSR count). The van der Waals surface area contributed by atoms with Crippen LogP contribution in [0.15, 0.2) is 41.8 Å². The average Bonchev–Trinajstić information content (AvgIpc) is 2.93. The molecule has 0 saturated carbocycles. The predicted molar refractivity (Wildman–Crippen MR) is 81.1 cm³/mol. The SMILES string of the molecule is CC(Sc1ncnc2c1cnn2-c1ccc(F)cc1)C(N)=O. The van der Waals surface area contributed by atoms with Gasteiger partial charge in [-0.3, -0.25) is 4.79 Å². The number of hydrogen-bond acceptors (Lipinski definition) is 5. The second-order valence-electron chi connectivity index (χ2n) is 4.61. The first kappa shape index (κ1) is 14.5. The zero-order valence-corrected chi connectivity index (χ0v) is 12.4. The van der Waals surface area contributed by atoms with Crippen LogP contribution in [0.3, 0.4) is 0 Å². The quantitative estimate of drug-likeness (QED) is 0.587. The number of halogens is 1. The molecule has 0 bridgehead atoms. The van der Waals surface area contributed by atoms with Gasteiger partial charge in [-0.05, 0) is 31.2 Å². The highest BCUT2D eigenvalue weighted by Crippen LogP contribution is 2.28. The first-order valence-corrected chi connectivity index (χ1v) is 7.35. The van der Waals surface area contributed by atoms with Gasteiger partial charge >= 0.3 is 0 Å². The zero-order chi connectivity index (χ0) is 15.7. The fourth-order valence-electron chi connectivity index (χ4n) is 1.91. The summed E-state index contributed by atoms with van der Waals surface area (Å²) in [6.07, 6.45) is 3.02. The van der Waals surface area contributed by atoms with Crippen LogP contribution in [0.2, 0.25) is 0 Å². The normalized spacial score (nSPS) is 12.5. The van der Waals surface area contributed by atoms with Crippen LogP contribution in [0.1, 0.15) is 6.92 Å². The van der Waals surface area contributed by atoms with Crippen molar-refractivity contribution in [3.05, 3.63) is 42.6 Å². The van der Waals surface area contributed by atoms with Gasteiger partial charge in [0.1, 0.15) is 17.2 Å². The number of amides is 1. The first-order chi connectivity index (χ1) is 10.6. The average molecular weight is 317 g/mol. The van der Waals surface area contributed by atoms with Crippen LogP contribution in [0.25, 0.3) is 16.7 Å². The van der Waals surface area contributed by atoms with E-state index in [1.165, 1.54) is 30.2 Å². The summed E-state index contributed by atoms with van der Waals surface area (Å²) in [5, 5.41) is 5.20. The van der Waals surface area contributed by atoms with E-state index in [0.717, 1.165) is 0 Å². The first-order valence-electron chi connectivity index (χ1n) is 6.47. The van der Waals surface area contributed by atoms with Crippen molar-refractivity contribution in [2.24, 2.45) is 5.73 Å². The summed E-state index contributed by atoms with van der Waals surface area (Å²) >= 11 is 1.25. The number of benzene rings is 1. The number of thioether (sulfide) groups is 1. The molecule has 0 spiro atoms. The van der Waals surface area contributed by atoms with Crippen LogP contribution in [0.4, 0.5) is 4.39 Å². The van der Waals surface area contributed by atoms with Crippen molar-refractivity contribution in [2.45, 2.75) is 17.2 Å². The summed E-state index contributed by atoms with van der Waals surface area (Å²) < 4.78 is 14.6. The molecule has 0 aliphatic rings. The number of nitrogens with zero attached hydrogens (tertiary/aromatic N) is 4. The minimum absolute atomic E-state index is 0.318. The Morgan fingerprint density at radius 2 is 2.05 bits per heavy atom. The maximum Gasteiger partial charge on any atom is 0.230 e. The molecule has 1 atom stereocenters. The number of rotatable bonds is 4. The molecule has 1 unspecified atom stereocenters. The van der Waals surface area contributed by atoms with Gasteiger partial charge in [-0.25, -0.2) is 19.0 Å². The highest BCUT2D eigenvalue weighted by molar-refractivity contribution is 8.00. The van der Waals surface area contributed by atoms with Crippen molar-refractivity contribution in [2.75, 3.05) is 0 Å². The molecular weight excluding hydrogens is 305 g/mol. The lowest BCUT2D eigenvalue weighted by Gasteiger charge is -2.07. The second kappa shape index (κ2) is 5.72. The summed E-state index contributed by atoms with van der Waals surface area (Å²) in [4.78, 5) is 19.6. The topological polar surface area (TPSA) is 86.7 Å². The van der Waals surface area contributed by atoms with E-state index in [9.17, 15) is 9.18 Å². The molecule has 2 aromatic heterocycles. The van der Waals surface area contributed by atoms with Crippen molar-refractivity contribution >= 4 is 28.7 Å². The zero-order valence-electron chi connectivity index (χ0n) is 11.6. The van der Waals surface area contributed by atoms with Gasteiger partial charge in [-0.1, -0.05) is 11.8 Å². The van der Waals surface area contributed by atoms with Crippen molar-refractivity contribution in [3.63, 3.8) is 0 Å². The minimum Gasteiger partial charge on any atom is -0.369 e. The number of nitrogens with two attached hydrogens (primary N) is 1. The van der Waals surface area contributed by atoms with Crippen LogP contribution in [0.5, 0.6) is 0 Å². The Hall–Kier alpha value is -2.48. The van der Waals surface area contributed by atoms with E-state index in [2.05, 4.69) is 15.1 Å². The van der Waals surface area contributed by atoms with Crippen molar-refractivity contribution < 1.29 is 9.18 Å². The molecule has 0 saturated heterocycles. The summed E-state index contributed by atoms with van der Waals surface area (Å²) in [6, 6.07) is 5.94. The fraction of sp³-hybridized carbons (Fsp3) is 0.143. The molecule has 22 heavy (non-hydrogen) atoms. The van der Waals surface area contributed by atoms with E-state index in [1.807, 2.05) is 0 Å². The number of carbonyl (C=O) groups is 1. The van der Waals surface area contributed by atoms with E-state index in [1.54, 1.807) is 29.9 Å². The third-order valence-electron chi connectivity index (χ3n) is 3.09. The molecule has 1 aromatic carbocycles. The molecule has 6 nitrogen and oxygen atoms in total. The van der Waals surface area contributed by atoms with Crippen LogP contribution in [0, 0.1) is 5.82 Å². The van der Waals surface area contributed by atoms with E-state index in [-0.39, 0.29) is 5.82 Å². The Bertz CT molecular complexity index is 833. The fourth-order valence-corrected chi connectivity index (χ4v) is 2.74. The summed E-state index contributed by atoms with van der Waals surface area (Å²) in [7, 11) is 0. The molecule has 2 N–H and O–H groups in total. The third kappa shape index (κ3) is 2.64. The van der Waals surface area contributed by atoms with E-state index in [4.69, 9.17) is 5.73 Å². The van der Waals surface area contributed by atoms with Crippen LogP contribution >= 0.6 is 11.8 Å². The van der Waals surface area contributed by atoms with Gasteiger partial charge in [0.05, 0.1) is 22.5 Å². The maximum atomic E-state index is 13.0. The van der Waals surface area contributed by atoms with Gasteiger partial charge in [0.25, 0.3) is 0 Å². The summed E-state index contributed by atoms with van der Waals surface area (Å²) in [5.41, 5.74) is 6.55. The Morgan fingerprint density at radius 3 is 2.73 bits per heavy atom. The van der Waals surface area contributed by atoms with Gasteiger partial charge < -0.3 is 5.73 Å². The number of aromatic nitrogens is 4. The number of hydrogen-bond donors (Lipinski definition) is 1. The van der Waals surface area contributed by atoms with Crippen molar-refractivity contribution in [1.29, 1.82) is 0 Å². The lowest BCUT2D eigenvalue weighted by atomic mass is 10.3. The summed E-state index contributed by atoms with van der Waals surface area (Å²) in [6.45, 7) is 1.71. The molecule has 0 radical (unpaired) electrons. The van der Waals surface area contributed by atoms with Gasteiger partial charge in [-0.15, -0.1) is 0 Å². The molecule has 0 aliphatic heterocycles. The molecule has 2 heterocycles. The molecule has 1 amide bonds. The highest BCUT2D eigenvalue weighted by Gasteiger charge is 2.16. The smallest absolute Gasteiger partial charge is 0.230 e. The van der Waals surface area contributed by atoms with E-state index >= 15 is 0 Å². The lowest BCUT2D eigenvalue weighted by Crippen LogP contribution is -2.22. The largest absolute Gasteiger partial charge is 0.369 e. The number of primary amides is 1. The molecule has 3 aromatic rings. The predicted octanol–water partition coefficient (Wildman–Crippen LogP) is 1.92. The van der Waals surface area contributed by atoms with E-state index < -0.39 is 11.2 Å². The Morgan fingerprint density at radius 1 is 1.32 bits per heavy atom. The Labute approximate surface area is 129 Å². The summed E-state index contributed by atoms with van der Waals surface area (Å²) in [5.74, 6) is -0.732. The van der Waals surface area contributed by atoms with Gasteiger partial charge in [0.2, 0.25) is 5.91 Å². The molecule has 112 valence electrons. The third-order valence-corrected chi connectivity index (χ3v) is 4.22. The Kier molecular flexibility index (Phi) is 3.76.